The first-order valence-electron chi connectivity index (χ1n) is 4.79. The van der Waals surface area contributed by atoms with Crippen LogP contribution in [-0.2, 0) is 0 Å². The molecule has 2 aromatic rings. The van der Waals surface area contributed by atoms with Crippen molar-refractivity contribution in [1.82, 2.24) is 15.0 Å². The molecule has 0 bridgehead atoms. The molecule has 0 spiro atoms. The van der Waals surface area contributed by atoms with Crippen molar-refractivity contribution < 1.29 is 9.13 Å². The third-order valence-corrected chi connectivity index (χ3v) is 2.22. The molecule has 0 aliphatic carbocycles. The molecule has 1 aromatic carbocycles. The highest BCUT2D eigenvalue weighted by atomic mass is 35.5. The summed E-state index contributed by atoms with van der Waals surface area (Å²) >= 11 is 5.69. The Labute approximate surface area is 107 Å². The first kappa shape index (κ1) is 12.2. The van der Waals surface area contributed by atoms with Crippen LogP contribution < -0.4 is 4.74 Å². The largest absolute Gasteiger partial charge is 0.467 e. The minimum Gasteiger partial charge on any atom is -0.467 e. The summed E-state index contributed by atoms with van der Waals surface area (Å²) in [6, 6.07) is 5.63. The Balaban J connectivity index is 2.58. The molecule has 0 N–H and O–H groups in total. The van der Waals surface area contributed by atoms with Crippen molar-refractivity contribution >= 4 is 11.6 Å². The number of halogens is 2. The standard InChI is InChI=1S/C11H6ClFN4O/c1-18-11-16-9(15-10(12)17-11)7-2-6(5-14)3-8(13)4-7/h2-4H,1H3. The molecule has 0 unspecified atom stereocenters. The van der Waals surface area contributed by atoms with E-state index in [4.69, 9.17) is 21.6 Å². The van der Waals surface area contributed by atoms with Gasteiger partial charge < -0.3 is 4.74 Å². The van der Waals surface area contributed by atoms with E-state index in [9.17, 15) is 4.39 Å². The van der Waals surface area contributed by atoms with Crippen molar-refractivity contribution in [2.45, 2.75) is 0 Å². The van der Waals surface area contributed by atoms with Gasteiger partial charge in [-0.15, -0.1) is 0 Å². The van der Waals surface area contributed by atoms with Gasteiger partial charge in [0, 0.05) is 5.56 Å². The summed E-state index contributed by atoms with van der Waals surface area (Å²) in [4.78, 5) is 11.5. The molecule has 7 heteroatoms. The lowest BCUT2D eigenvalue weighted by atomic mass is 10.1. The van der Waals surface area contributed by atoms with E-state index in [1.165, 1.54) is 19.2 Å². The molecular weight excluding hydrogens is 259 g/mol. The van der Waals surface area contributed by atoms with E-state index in [1.54, 1.807) is 0 Å². The quantitative estimate of drug-likeness (QED) is 0.831. The van der Waals surface area contributed by atoms with Crippen LogP contribution in [0.4, 0.5) is 4.39 Å². The second-order valence-corrected chi connectivity index (χ2v) is 3.59. The second-order valence-electron chi connectivity index (χ2n) is 3.26. The van der Waals surface area contributed by atoms with Crippen molar-refractivity contribution in [2.24, 2.45) is 0 Å². The van der Waals surface area contributed by atoms with Gasteiger partial charge in [0.15, 0.2) is 5.82 Å². The summed E-state index contributed by atoms with van der Waals surface area (Å²) in [5.74, 6) is -0.414. The van der Waals surface area contributed by atoms with Gasteiger partial charge in [0.2, 0.25) is 5.28 Å². The summed E-state index contributed by atoms with van der Waals surface area (Å²) < 4.78 is 18.1. The predicted molar refractivity (Wildman–Crippen MR) is 61.5 cm³/mol. The molecule has 0 saturated carbocycles. The van der Waals surface area contributed by atoms with Crippen LogP contribution in [0.2, 0.25) is 5.28 Å². The molecule has 0 aliphatic heterocycles. The molecule has 0 aliphatic rings. The Bertz CT molecular complexity index is 641. The summed E-state index contributed by atoms with van der Waals surface area (Å²) in [6.07, 6.45) is 0. The average Bonchev–Trinajstić information content (AvgIpc) is 2.37. The number of ether oxygens (including phenoxy) is 1. The van der Waals surface area contributed by atoms with Crippen LogP contribution in [0.5, 0.6) is 6.01 Å². The minimum atomic E-state index is -0.556. The third-order valence-electron chi connectivity index (χ3n) is 2.06. The molecule has 90 valence electrons. The van der Waals surface area contributed by atoms with E-state index in [0.29, 0.717) is 5.56 Å². The molecule has 0 saturated heterocycles. The monoisotopic (exact) mass is 264 g/mol. The van der Waals surface area contributed by atoms with Crippen molar-refractivity contribution in [1.29, 1.82) is 5.26 Å². The fourth-order valence-electron chi connectivity index (χ4n) is 1.34. The number of methoxy groups -OCH3 is 1. The Morgan fingerprint density at radius 1 is 1.28 bits per heavy atom. The SMILES string of the molecule is COc1nc(Cl)nc(-c2cc(F)cc(C#N)c2)n1. The molecule has 5 nitrogen and oxygen atoms in total. The van der Waals surface area contributed by atoms with Crippen LogP contribution in [0.25, 0.3) is 11.4 Å². The van der Waals surface area contributed by atoms with E-state index in [0.717, 1.165) is 6.07 Å². The fourth-order valence-corrected chi connectivity index (χ4v) is 1.49. The first-order valence-corrected chi connectivity index (χ1v) is 5.17. The van der Waals surface area contributed by atoms with Crippen LogP contribution >= 0.6 is 11.6 Å². The van der Waals surface area contributed by atoms with Gasteiger partial charge in [-0.25, -0.2) is 4.39 Å². The number of nitrogens with zero attached hydrogens (tertiary/aromatic N) is 4. The molecule has 0 fully saturated rings. The molecule has 1 heterocycles. The zero-order chi connectivity index (χ0) is 13.1. The van der Waals surface area contributed by atoms with Gasteiger partial charge in [-0.1, -0.05) is 0 Å². The van der Waals surface area contributed by atoms with Gasteiger partial charge in [0.25, 0.3) is 0 Å². The molecule has 0 atom stereocenters. The van der Waals surface area contributed by atoms with Gasteiger partial charge >= 0.3 is 6.01 Å². The number of nitriles is 1. The summed E-state index contributed by atoms with van der Waals surface area (Å²) in [5, 5.41) is 8.70. The van der Waals surface area contributed by atoms with E-state index in [1.807, 2.05) is 6.07 Å². The van der Waals surface area contributed by atoms with E-state index < -0.39 is 5.82 Å². The van der Waals surface area contributed by atoms with Gasteiger partial charge in [0.05, 0.1) is 18.7 Å². The van der Waals surface area contributed by atoms with Gasteiger partial charge in [-0.2, -0.15) is 20.2 Å². The Kier molecular flexibility index (Phi) is 3.35. The highest BCUT2D eigenvalue weighted by Gasteiger charge is 2.10. The molecule has 1 aromatic heterocycles. The van der Waals surface area contributed by atoms with Crippen molar-refractivity contribution in [3.05, 3.63) is 34.9 Å². The molecule has 0 amide bonds. The van der Waals surface area contributed by atoms with Gasteiger partial charge in [0.1, 0.15) is 5.82 Å². The number of rotatable bonds is 2. The number of hydrogen-bond donors (Lipinski definition) is 0. The zero-order valence-corrected chi connectivity index (χ0v) is 9.94. The summed E-state index contributed by atoms with van der Waals surface area (Å²) in [6.45, 7) is 0. The average molecular weight is 265 g/mol. The van der Waals surface area contributed by atoms with E-state index in [-0.39, 0.29) is 22.7 Å². The molecule has 18 heavy (non-hydrogen) atoms. The van der Waals surface area contributed by atoms with Crippen LogP contribution in [-0.4, -0.2) is 22.1 Å². The van der Waals surface area contributed by atoms with Crippen LogP contribution in [0.1, 0.15) is 5.56 Å². The number of aromatic nitrogens is 3. The smallest absolute Gasteiger partial charge is 0.321 e. The van der Waals surface area contributed by atoms with Crippen LogP contribution in [0.3, 0.4) is 0 Å². The Morgan fingerprint density at radius 3 is 2.72 bits per heavy atom. The van der Waals surface area contributed by atoms with Gasteiger partial charge in [-0.3, -0.25) is 0 Å². The minimum absolute atomic E-state index is 0.0211. The predicted octanol–water partition coefficient (Wildman–Crippen LogP) is 2.21. The van der Waals surface area contributed by atoms with Crippen molar-refractivity contribution in [2.75, 3.05) is 7.11 Å². The first-order chi connectivity index (χ1) is 8.62. The maximum atomic E-state index is 13.3. The summed E-state index contributed by atoms with van der Waals surface area (Å²) in [5.41, 5.74) is 0.495. The number of benzene rings is 1. The lowest BCUT2D eigenvalue weighted by molar-refractivity contribution is 0.379. The van der Waals surface area contributed by atoms with Crippen molar-refractivity contribution in [3.63, 3.8) is 0 Å². The molecule has 2 rings (SSSR count). The zero-order valence-electron chi connectivity index (χ0n) is 9.19. The number of hydrogen-bond acceptors (Lipinski definition) is 5. The third kappa shape index (κ3) is 2.52. The maximum Gasteiger partial charge on any atom is 0.321 e. The summed E-state index contributed by atoms with van der Waals surface area (Å²) in [7, 11) is 1.38. The van der Waals surface area contributed by atoms with Crippen LogP contribution in [0, 0.1) is 17.1 Å². The second kappa shape index (κ2) is 4.94. The fraction of sp³-hybridized carbons (Fsp3) is 0.0909. The van der Waals surface area contributed by atoms with Crippen molar-refractivity contribution in [3.8, 4) is 23.5 Å². The lowest BCUT2D eigenvalue weighted by Gasteiger charge is -2.03. The van der Waals surface area contributed by atoms with E-state index in [2.05, 4.69) is 15.0 Å². The lowest BCUT2D eigenvalue weighted by Crippen LogP contribution is -1.98. The molecule has 0 radical (unpaired) electrons. The Morgan fingerprint density at radius 2 is 2.06 bits per heavy atom. The van der Waals surface area contributed by atoms with E-state index >= 15 is 0 Å². The highest BCUT2D eigenvalue weighted by molar-refractivity contribution is 6.28. The topological polar surface area (TPSA) is 71.7 Å². The van der Waals surface area contributed by atoms with Crippen LogP contribution in [0.15, 0.2) is 18.2 Å². The Hall–Kier alpha value is -2.26. The normalized spacial score (nSPS) is 9.89. The molecular formula is C11H6ClFN4O. The highest BCUT2D eigenvalue weighted by Crippen LogP contribution is 2.21. The van der Waals surface area contributed by atoms with Gasteiger partial charge in [-0.05, 0) is 29.8 Å². The maximum absolute atomic E-state index is 13.3.